The fourth-order valence-electron chi connectivity index (χ4n) is 1.65. The molecule has 0 bridgehead atoms. The number of carbonyl (C=O) groups is 2. The smallest absolute Gasteiger partial charge is 0.303 e. The SMILES string of the molecule is O=C(O)CCCC(=O)Nc1ccc(-c2nncnn2)cc1. The van der Waals surface area contributed by atoms with E-state index in [1.807, 2.05) is 0 Å². The van der Waals surface area contributed by atoms with Crippen molar-refractivity contribution in [1.29, 1.82) is 0 Å². The highest BCUT2D eigenvalue weighted by Gasteiger charge is 2.06. The van der Waals surface area contributed by atoms with Gasteiger partial charge in [0.2, 0.25) is 11.7 Å². The molecule has 0 aliphatic rings. The number of benzene rings is 1. The number of rotatable bonds is 6. The van der Waals surface area contributed by atoms with Crippen LogP contribution in [0.1, 0.15) is 19.3 Å². The van der Waals surface area contributed by atoms with Crippen molar-refractivity contribution in [3.05, 3.63) is 30.6 Å². The third-order valence-corrected chi connectivity index (χ3v) is 2.63. The minimum absolute atomic E-state index is 0.0162. The fraction of sp³-hybridized carbons (Fsp3) is 0.231. The van der Waals surface area contributed by atoms with Crippen LogP contribution in [0.4, 0.5) is 5.69 Å². The molecule has 2 rings (SSSR count). The minimum Gasteiger partial charge on any atom is -0.481 e. The Morgan fingerprint density at radius 3 is 2.33 bits per heavy atom. The van der Waals surface area contributed by atoms with E-state index >= 15 is 0 Å². The van der Waals surface area contributed by atoms with Crippen molar-refractivity contribution in [3.8, 4) is 11.4 Å². The Balaban J connectivity index is 1.91. The summed E-state index contributed by atoms with van der Waals surface area (Å²) in [4.78, 5) is 22.0. The van der Waals surface area contributed by atoms with Crippen LogP contribution in [-0.2, 0) is 9.59 Å². The van der Waals surface area contributed by atoms with Gasteiger partial charge in [-0.15, -0.1) is 20.4 Å². The van der Waals surface area contributed by atoms with Gasteiger partial charge < -0.3 is 10.4 Å². The summed E-state index contributed by atoms with van der Waals surface area (Å²) in [6.45, 7) is 0. The normalized spacial score (nSPS) is 10.1. The molecule has 8 nitrogen and oxygen atoms in total. The van der Waals surface area contributed by atoms with Gasteiger partial charge in [0, 0.05) is 24.1 Å². The van der Waals surface area contributed by atoms with Gasteiger partial charge in [-0.3, -0.25) is 9.59 Å². The number of anilines is 1. The third-order valence-electron chi connectivity index (χ3n) is 2.63. The second-order valence-electron chi connectivity index (χ2n) is 4.24. The Bertz CT molecular complexity index is 615. The first-order valence-electron chi connectivity index (χ1n) is 6.27. The molecule has 108 valence electrons. The molecule has 1 aromatic carbocycles. The number of aromatic nitrogens is 4. The average molecular weight is 287 g/mol. The van der Waals surface area contributed by atoms with Gasteiger partial charge in [0.15, 0.2) is 6.33 Å². The molecule has 1 amide bonds. The van der Waals surface area contributed by atoms with Crippen LogP contribution in [0.25, 0.3) is 11.4 Å². The Morgan fingerprint density at radius 2 is 1.71 bits per heavy atom. The predicted molar refractivity (Wildman–Crippen MR) is 73.2 cm³/mol. The molecule has 0 saturated heterocycles. The van der Waals surface area contributed by atoms with E-state index in [1.165, 1.54) is 6.33 Å². The summed E-state index contributed by atoms with van der Waals surface area (Å²) in [6.07, 6.45) is 1.71. The summed E-state index contributed by atoms with van der Waals surface area (Å²) in [5.41, 5.74) is 1.36. The minimum atomic E-state index is -0.905. The van der Waals surface area contributed by atoms with E-state index in [9.17, 15) is 9.59 Å². The van der Waals surface area contributed by atoms with E-state index in [1.54, 1.807) is 24.3 Å². The monoisotopic (exact) mass is 287 g/mol. The summed E-state index contributed by atoms with van der Waals surface area (Å²) in [5.74, 6) is -0.725. The molecule has 21 heavy (non-hydrogen) atoms. The van der Waals surface area contributed by atoms with E-state index in [0.29, 0.717) is 17.9 Å². The second kappa shape index (κ2) is 7.04. The van der Waals surface area contributed by atoms with Crippen LogP contribution in [0, 0.1) is 0 Å². The number of hydrogen-bond acceptors (Lipinski definition) is 6. The second-order valence-corrected chi connectivity index (χ2v) is 4.24. The van der Waals surface area contributed by atoms with Gasteiger partial charge >= 0.3 is 5.97 Å². The van der Waals surface area contributed by atoms with Crippen molar-refractivity contribution < 1.29 is 14.7 Å². The van der Waals surface area contributed by atoms with Gasteiger partial charge in [0.1, 0.15) is 0 Å². The number of carboxylic acid groups (broad SMARTS) is 1. The number of nitrogens with one attached hydrogen (secondary N) is 1. The highest BCUT2D eigenvalue weighted by atomic mass is 16.4. The van der Waals surface area contributed by atoms with Gasteiger partial charge in [0.05, 0.1) is 0 Å². The zero-order valence-corrected chi connectivity index (χ0v) is 11.1. The van der Waals surface area contributed by atoms with Crippen LogP contribution in [0.5, 0.6) is 0 Å². The van der Waals surface area contributed by atoms with Crippen LogP contribution in [0.15, 0.2) is 30.6 Å². The molecule has 2 N–H and O–H groups in total. The number of aliphatic carboxylic acids is 1. The molecular weight excluding hydrogens is 274 g/mol. The number of amides is 1. The quantitative estimate of drug-likeness (QED) is 0.817. The Morgan fingerprint density at radius 1 is 1.05 bits per heavy atom. The Kier molecular flexibility index (Phi) is 4.86. The van der Waals surface area contributed by atoms with Crippen LogP contribution < -0.4 is 5.32 Å². The molecule has 0 saturated carbocycles. The van der Waals surface area contributed by atoms with Crippen LogP contribution >= 0.6 is 0 Å². The summed E-state index contributed by atoms with van der Waals surface area (Å²) in [7, 11) is 0. The van der Waals surface area contributed by atoms with Crippen LogP contribution in [0.3, 0.4) is 0 Å². The standard InChI is InChI=1S/C13H13N5O3/c19-11(2-1-3-12(20)21)16-10-6-4-9(5-7-10)13-17-14-8-15-18-13/h4-8H,1-3H2,(H,16,19)(H,20,21). The van der Waals surface area contributed by atoms with Crippen molar-refractivity contribution in [2.45, 2.75) is 19.3 Å². The molecule has 0 unspecified atom stereocenters. The van der Waals surface area contributed by atoms with Crippen molar-refractivity contribution in [1.82, 2.24) is 20.4 Å². The molecule has 0 aliphatic carbocycles. The maximum Gasteiger partial charge on any atom is 0.303 e. The van der Waals surface area contributed by atoms with Crippen molar-refractivity contribution in [2.24, 2.45) is 0 Å². The van der Waals surface area contributed by atoms with E-state index in [0.717, 1.165) is 5.56 Å². The molecular formula is C13H13N5O3. The molecule has 0 fully saturated rings. The molecule has 0 aliphatic heterocycles. The Labute approximate surface area is 120 Å². The highest BCUT2D eigenvalue weighted by Crippen LogP contribution is 2.16. The molecule has 2 aromatic rings. The summed E-state index contributed by atoms with van der Waals surface area (Å²) < 4.78 is 0. The predicted octanol–water partition coefficient (Wildman–Crippen LogP) is 1.13. The highest BCUT2D eigenvalue weighted by molar-refractivity contribution is 5.91. The lowest BCUT2D eigenvalue weighted by molar-refractivity contribution is -0.137. The first-order valence-corrected chi connectivity index (χ1v) is 6.27. The number of hydrogen-bond donors (Lipinski definition) is 2. The molecule has 0 spiro atoms. The largest absolute Gasteiger partial charge is 0.481 e. The van der Waals surface area contributed by atoms with E-state index < -0.39 is 5.97 Å². The first-order chi connectivity index (χ1) is 10.1. The number of nitrogens with zero attached hydrogens (tertiary/aromatic N) is 4. The molecule has 0 radical (unpaired) electrons. The van der Waals surface area contributed by atoms with E-state index in [2.05, 4.69) is 25.7 Å². The average Bonchev–Trinajstić information content (AvgIpc) is 2.48. The van der Waals surface area contributed by atoms with Gasteiger partial charge in [-0.1, -0.05) is 0 Å². The summed E-state index contributed by atoms with van der Waals surface area (Å²) in [5, 5.41) is 26.1. The molecule has 1 heterocycles. The van der Waals surface area contributed by atoms with Crippen LogP contribution in [-0.4, -0.2) is 37.4 Å². The number of carboxylic acids is 1. The van der Waals surface area contributed by atoms with Crippen molar-refractivity contribution in [2.75, 3.05) is 5.32 Å². The lowest BCUT2D eigenvalue weighted by Gasteiger charge is -2.05. The van der Waals surface area contributed by atoms with Gasteiger partial charge in [-0.25, -0.2) is 0 Å². The maximum absolute atomic E-state index is 11.6. The van der Waals surface area contributed by atoms with E-state index in [-0.39, 0.29) is 18.7 Å². The molecule has 1 aromatic heterocycles. The number of carbonyl (C=O) groups excluding carboxylic acids is 1. The topological polar surface area (TPSA) is 118 Å². The zero-order valence-electron chi connectivity index (χ0n) is 11.1. The van der Waals surface area contributed by atoms with Crippen molar-refractivity contribution >= 4 is 17.6 Å². The van der Waals surface area contributed by atoms with Gasteiger partial charge in [-0.2, -0.15) is 0 Å². The maximum atomic E-state index is 11.6. The molecule has 0 atom stereocenters. The zero-order chi connectivity index (χ0) is 15.1. The van der Waals surface area contributed by atoms with E-state index in [4.69, 9.17) is 5.11 Å². The van der Waals surface area contributed by atoms with Crippen LogP contribution in [0.2, 0.25) is 0 Å². The first kappa shape index (κ1) is 14.5. The lowest BCUT2D eigenvalue weighted by Crippen LogP contribution is -2.11. The summed E-state index contributed by atoms with van der Waals surface area (Å²) >= 11 is 0. The third kappa shape index (κ3) is 4.60. The lowest BCUT2D eigenvalue weighted by atomic mass is 10.2. The van der Waals surface area contributed by atoms with Gasteiger partial charge in [0.25, 0.3) is 0 Å². The van der Waals surface area contributed by atoms with Crippen molar-refractivity contribution in [3.63, 3.8) is 0 Å². The molecule has 8 heteroatoms. The summed E-state index contributed by atoms with van der Waals surface area (Å²) in [6, 6.07) is 6.90. The Hall–Kier alpha value is -2.90. The van der Waals surface area contributed by atoms with Gasteiger partial charge in [-0.05, 0) is 30.7 Å². The fourth-order valence-corrected chi connectivity index (χ4v) is 1.65.